The SMILES string of the molecule is CC/C=C\C/C=C\C/C=C\C/C=C\C/C=C\C/C=C\C/C=C\CCCC(=O)OC(CO)COC(=O)CCCCCCCCCCCCCCCCCCCCCC. The number of hydrogen-bond donors (Lipinski definition) is 1. The molecule has 0 aliphatic rings. The molecule has 57 heavy (non-hydrogen) atoms. The predicted octanol–water partition coefficient (Wildman–Crippen LogP) is 15.5. The zero-order chi connectivity index (χ0) is 41.4. The molecule has 0 rings (SSSR count). The van der Waals surface area contributed by atoms with Crippen molar-refractivity contribution in [1.29, 1.82) is 0 Å². The first-order valence-electron chi connectivity index (χ1n) is 23.6. The molecule has 5 heteroatoms. The van der Waals surface area contributed by atoms with E-state index in [4.69, 9.17) is 9.47 Å². The van der Waals surface area contributed by atoms with E-state index < -0.39 is 6.10 Å². The van der Waals surface area contributed by atoms with Crippen LogP contribution in [0.3, 0.4) is 0 Å². The van der Waals surface area contributed by atoms with Gasteiger partial charge >= 0.3 is 11.9 Å². The average molecular weight is 793 g/mol. The van der Waals surface area contributed by atoms with Crippen LogP contribution in [0.4, 0.5) is 0 Å². The number of hydrogen-bond acceptors (Lipinski definition) is 5. The molecule has 1 unspecified atom stereocenters. The van der Waals surface area contributed by atoms with E-state index in [9.17, 15) is 14.7 Å². The molecule has 0 aliphatic carbocycles. The lowest BCUT2D eigenvalue weighted by Gasteiger charge is -2.15. The van der Waals surface area contributed by atoms with Gasteiger partial charge < -0.3 is 14.6 Å². The Labute approximate surface area is 352 Å². The Hall–Kier alpha value is -2.92. The van der Waals surface area contributed by atoms with Gasteiger partial charge in [-0.15, -0.1) is 0 Å². The summed E-state index contributed by atoms with van der Waals surface area (Å²) in [6.45, 7) is 3.99. The molecule has 1 atom stereocenters. The topological polar surface area (TPSA) is 72.8 Å². The lowest BCUT2D eigenvalue weighted by Crippen LogP contribution is -2.28. The number of ether oxygens (including phenoxy) is 2. The molecule has 0 spiro atoms. The van der Waals surface area contributed by atoms with Gasteiger partial charge in [-0.2, -0.15) is 0 Å². The van der Waals surface area contributed by atoms with Crippen LogP contribution in [0, 0.1) is 0 Å². The molecular formula is C52H88O5. The van der Waals surface area contributed by atoms with Crippen LogP contribution in [0.1, 0.15) is 213 Å². The quantitative estimate of drug-likeness (QED) is 0.0379. The van der Waals surface area contributed by atoms with Gasteiger partial charge in [0.1, 0.15) is 6.61 Å². The van der Waals surface area contributed by atoms with Crippen molar-refractivity contribution in [2.45, 2.75) is 219 Å². The van der Waals surface area contributed by atoms with E-state index >= 15 is 0 Å². The summed E-state index contributed by atoms with van der Waals surface area (Å²) >= 11 is 0. The van der Waals surface area contributed by atoms with Crippen molar-refractivity contribution in [3.05, 3.63) is 85.1 Å². The van der Waals surface area contributed by atoms with Gasteiger partial charge in [0.15, 0.2) is 6.10 Å². The lowest BCUT2D eigenvalue weighted by molar-refractivity contribution is -0.161. The number of rotatable bonds is 42. The summed E-state index contributed by atoms with van der Waals surface area (Å²) in [4.78, 5) is 24.4. The van der Waals surface area contributed by atoms with Crippen LogP contribution >= 0.6 is 0 Å². The first-order chi connectivity index (χ1) is 28.1. The van der Waals surface area contributed by atoms with E-state index in [0.29, 0.717) is 12.8 Å². The van der Waals surface area contributed by atoms with E-state index in [1.165, 1.54) is 109 Å². The Morgan fingerprint density at radius 2 is 0.754 bits per heavy atom. The highest BCUT2D eigenvalue weighted by atomic mass is 16.6. The third kappa shape index (κ3) is 45.7. The maximum atomic E-state index is 12.2. The summed E-state index contributed by atoms with van der Waals surface area (Å²) in [5.41, 5.74) is 0. The number of aliphatic hydroxyl groups excluding tert-OH is 1. The fourth-order valence-electron chi connectivity index (χ4n) is 6.43. The van der Waals surface area contributed by atoms with Crippen LogP contribution in [0.5, 0.6) is 0 Å². The van der Waals surface area contributed by atoms with E-state index in [-0.39, 0.29) is 31.6 Å². The monoisotopic (exact) mass is 793 g/mol. The molecule has 0 aromatic heterocycles. The van der Waals surface area contributed by atoms with Crippen molar-refractivity contribution in [2.75, 3.05) is 13.2 Å². The molecule has 1 N–H and O–H groups in total. The van der Waals surface area contributed by atoms with Crippen molar-refractivity contribution >= 4 is 11.9 Å². The number of aliphatic hydroxyl groups is 1. The zero-order valence-electron chi connectivity index (χ0n) is 37.1. The lowest BCUT2D eigenvalue weighted by atomic mass is 10.0. The number of allylic oxidation sites excluding steroid dienone is 14. The van der Waals surface area contributed by atoms with Gasteiger partial charge in [0.05, 0.1) is 6.61 Å². The summed E-state index contributed by atoms with van der Waals surface area (Å²) in [5, 5.41) is 9.60. The molecular weight excluding hydrogens is 705 g/mol. The first-order valence-corrected chi connectivity index (χ1v) is 23.6. The summed E-state index contributed by atoms with van der Waals surface area (Å²) < 4.78 is 10.6. The van der Waals surface area contributed by atoms with Gasteiger partial charge in [0.25, 0.3) is 0 Å². The minimum absolute atomic E-state index is 0.0911. The maximum Gasteiger partial charge on any atom is 0.306 e. The van der Waals surface area contributed by atoms with Crippen molar-refractivity contribution in [2.24, 2.45) is 0 Å². The third-order valence-electron chi connectivity index (χ3n) is 9.95. The molecule has 0 bridgehead atoms. The fourth-order valence-corrected chi connectivity index (χ4v) is 6.43. The van der Waals surface area contributed by atoms with Crippen molar-refractivity contribution < 1.29 is 24.2 Å². The molecule has 0 aromatic carbocycles. The minimum Gasteiger partial charge on any atom is -0.462 e. The van der Waals surface area contributed by atoms with Gasteiger partial charge in [-0.05, 0) is 64.2 Å². The van der Waals surface area contributed by atoms with Gasteiger partial charge in [0.2, 0.25) is 0 Å². The van der Waals surface area contributed by atoms with Crippen LogP contribution in [-0.2, 0) is 19.1 Å². The number of carbonyl (C=O) groups is 2. The molecule has 0 saturated heterocycles. The summed E-state index contributed by atoms with van der Waals surface area (Å²) in [7, 11) is 0. The number of esters is 2. The largest absolute Gasteiger partial charge is 0.462 e. The third-order valence-corrected chi connectivity index (χ3v) is 9.95. The number of carbonyl (C=O) groups excluding carboxylic acids is 2. The van der Waals surface area contributed by atoms with Crippen LogP contribution in [0.2, 0.25) is 0 Å². The van der Waals surface area contributed by atoms with E-state index in [1.54, 1.807) is 0 Å². The standard InChI is InChI=1S/C52H88O5/c1-3-5-7-9-11-13-15-17-19-21-23-25-26-27-29-31-33-35-37-39-41-43-45-47-52(55)57-50(48-53)49-56-51(54)46-44-42-40-38-36-34-32-30-28-24-22-20-18-16-14-12-10-8-6-4-2/h5,7,11,13,17,19,23,25,27,29,33,35,39,41,50,53H,3-4,6,8-10,12,14-16,18,20-22,24,26,28,30-32,34,36-38,40,42-49H2,1-2H3/b7-5-,13-11-,19-17-,25-23-,29-27-,35-33-,41-39-. The highest BCUT2D eigenvalue weighted by Gasteiger charge is 2.16. The summed E-state index contributed by atoms with van der Waals surface area (Å²) in [6, 6.07) is 0. The Kier molecular flexibility index (Phi) is 45.0. The van der Waals surface area contributed by atoms with E-state index in [2.05, 4.69) is 98.9 Å². The smallest absolute Gasteiger partial charge is 0.306 e. The average Bonchev–Trinajstić information content (AvgIpc) is 3.21. The molecule has 0 aliphatic heterocycles. The van der Waals surface area contributed by atoms with Crippen LogP contribution in [0.25, 0.3) is 0 Å². The van der Waals surface area contributed by atoms with E-state index in [0.717, 1.165) is 70.6 Å². The van der Waals surface area contributed by atoms with Crippen LogP contribution in [0.15, 0.2) is 85.1 Å². The Balaban J connectivity index is 3.64. The Bertz CT molecular complexity index is 1080. The molecule has 0 saturated carbocycles. The highest BCUT2D eigenvalue weighted by Crippen LogP contribution is 2.15. The molecule has 0 heterocycles. The molecule has 326 valence electrons. The normalized spacial score (nSPS) is 13.0. The first kappa shape index (κ1) is 54.1. The zero-order valence-corrected chi connectivity index (χ0v) is 37.1. The molecule has 0 aromatic rings. The summed E-state index contributed by atoms with van der Waals surface area (Å²) in [6.07, 6.45) is 65.3. The summed E-state index contributed by atoms with van der Waals surface area (Å²) in [5.74, 6) is -0.659. The molecule has 0 fully saturated rings. The van der Waals surface area contributed by atoms with Crippen molar-refractivity contribution in [3.8, 4) is 0 Å². The second-order valence-electron chi connectivity index (χ2n) is 15.5. The predicted molar refractivity (Wildman–Crippen MR) is 246 cm³/mol. The van der Waals surface area contributed by atoms with Crippen molar-refractivity contribution in [1.82, 2.24) is 0 Å². The highest BCUT2D eigenvalue weighted by molar-refractivity contribution is 5.70. The Morgan fingerprint density at radius 1 is 0.421 bits per heavy atom. The molecule has 0 radical (unpaired) electrons. The van der Waals surface area contributed by atoms with E-state index in [1.807, 2.05) is 0 Å². The van der Waals surface area contributed by atoms with Crippen molar-refractivity contribution in [3.63, 3.8) is 0 Å². The minimum atomic E-state index is -0.806. The van der Waals surface area contributed by atoms with Crippen LogP contribution < -0.4 is 0 Å². The number of unbranched alkanes of at least 4 members (excludes halogenated alkanes) is 20. The second-order valence-corrected chi connectivity index (χ2v) is 15.5. The van der Waals surface area contributed by atoms with Gasteiger partial charge in [-0.3, -0.25) is 9.59 Å². The van der Waals surface area contributed by atoms with Gasteiger partial charge in [-0.25, -0.2) is 0 Å². The molecule has 5 nitrogen and oxygen atoms in total. The van der Waals surface area contributed by atoms with Gasteiger partial charge in [-0.1, -0.05) is 221 Å². The van der Waals surface area contributed by atoms with Crippen LogP contribution in [-0.4, -0.2) is 36.4 Å². The van der Waals surface area contributed by atoms with Gasteiger partial charge in [0, 0.05) is 12.8 Å². The maximum absolute atomic E-state index is 12.2. The molecule has 0 amide bonds. The Morgan fingerprint density at radius 3 is 1.12 bits per heavy atom. The second kappa shape index (κ2) is 47.5. The fraction of sp³-hybridized carbons (Fsp3) is 0.692.